The maximum absolute atomic E-state index is 12.7. The number of imidazole rings is 2. The van der Waals surface area contributed by atoms with E-state index in [1.165, 1.54) is 0 Å². The number of amides is 1. The van der Waals surface area contributed by atoms with E-state index in [4.69, 9.17) is 4.74 Å². The first-order valence-electron chi connectivity index (χ1n) is 11.0. The molecule has 0 atom stereocenters. The van der Waals surface area contributed by atoms with E-state index in [-0.39, 0.29) is 5.91 Å². The largest absolute Gasteiger partial charge is 0.494 e. The predicted octanol–water partition coefficient (Wildman–Crippen LogP) is 5.52. The van der Waals surface area contributed by atoms with Gasteiger partial charge in [-0.15, -0.1) is 0 Å². The number of anilines is 1. The maximum Gasteiger partial charge on any atom is 0.253 e. The molecule has 2 N–H and O–H groups in total. The molecule has 0 bridgehead atoms. The van der Waals surface area contributed by atoms with Gasteiger partial charge in [-0.1, -0.05) is 55.1 Å². The number of carbonyl (C=O) groups is 1. The van der Waals surface area contributed by atoms with E-state index in [0.717, 1.165) is 34.3 Å². The van der Waals surface area contributed by atoms with E-state index < -0.39 is 0 Å². The molecule has 0 aliphatic carbocycles. The SMILES string of the molecule is C=C(C/C=C\C(=C/C)Cn1ccnc1)C(=O)Nc1nc2c(-c3ccccc3)ccc(OC)c2[nH]1. The highest BCUT2D eigenvalue weighted by Crippen LogP contribution is 2.33. The van der Waals surface area contributed by atoms with Gasteiger partial charge >= 0.3 is 0 Å². The zero-order valence-corrected chi connectivity index (χ0v) is 19.3. The van der Waals surface area contributed by atoms with Crippen LogP contribution >= 0.6 is 0 Å². The molecule has 7 nitrogen and oxygen atoms in total. The molecule has 4 aromatic rings. The second kappa shape index (κ2) is 10.5. The van der Waals surface area contributed by atoms with Gasteiger partial charge in [-0.3, -0.25) is 10.1 Å². The van der Waals surface area contributed by atoms with Crippen molar-refractivity contribution in [2.75, 3.05) is 12.4 Å². The van der Waals surface area contributed by atoms with Crippen molar-refractivity contribution < 1.29 is 9.53 Å². The Labute approximate surface area is 198 Å². The Kier molecular flexibility index (Phi) is 7.03. The van der Waals surface area contributed by atoms with Crippen molar-refractivity contribution in [3.63, 3.8) is 0 Å². The molecule has 0 radical (unpaired) electrons. The number of allylic oxidation sites excluding steroid dienone is 4. The van der Waals surface area contributed by atoms with Gasteiger partial charge in [0.05, 0.1) is 13.4 Å². The summed E-state index contributed by atoms with van der Waals surface area (Å²) in [5, 5.41) is 2.83. The van der Waals surface area contributed by atoms with Gasteiger partial charge in [-0.25, -0.2) is 9.97 Å². The van der Waals surface area contributed by atoms with Gasteiger partial charge in [0.25, 0.3) is 5.91 Å². The molecule has 0 aliphatic heterocycles. The van der Waals surface area contributed by atoms with Crippen molar-refractivity contribution in [2.45, 2.75) is 19.9 Å². The molecule has 0 saturated heterocycles. The fraction of sp³-hybridized carbons (Fsp3) is 0.148. The molecular weight excluding hydrogens is 426 g/mol. The Hall–Kier alpha value is -4.39. The molecule has 34 heavy (non-hydrogen) atoms. The molecule has 1 amide bonds. The lowest BCUT2D eigenvalue weighted by molar-refractivity contribution is -0.112. The van der Waals surface area contributed by atoms with E-state index in [2.05, 4.69) is 26.8 Å². The van der Waals surface area contributed by atoms with E-state index in [1.807, 2.05) is 78.4 Å². The molecule has 0 fully saturated rings. The molecule has 0 saturated carbocycles. The number of rotatable bonds is 9. The average molecular weight is 454 g/mol. The molecule has 2 aromatic heterocycles. The highest BCUT2D eigenvalue weighted by molar-refractivity contribution is 6.04. The normalized spacial score (nSPS) is 11.8. The zero-order chi connectivity index (χ0) is 23.9. The summed E-state index contributed by atoms with van der Waals surface area (Å²) in [6.45, 7) is 6.64. The van der Waals surface area contributed by atoms with Crippen LogP contribution in [-0.2, 0) is 11.3 Å². The number of H-pyrrole nitrogens is 1. The van der Waals surface area contributed by atoms with E-state index in [1.54, 1.807) is 19.6 Å². The van der Waals surface area contributed by atoms with Crippen LogP contribution in [0.2, 0.25) is 0 Å². The van der Waals surface area contributed by atoms with Crippen molar-refractivity contribution in [3.8, 4) is 16.9 Å². The highest BCUT2D eigenvalue weighted by Gasteiger charge is 2.15. The summed E-state index contributed by atoms with van der Waals surface area (Å²) in [5.74, 6) is 0.711. The standard InChI is InChI=1S/C27H27N5O2/c1-4-20(17-32-16-15-28-18-32)10-8-9-19(2)26(33)31-27-29-24-22(21-11-6-5-7-12-21)13-14-23(34-3)25(24)30-27/h4-8,10-16,18H,2,9,17H2,1,3H3,(H2,29,30,31,33)/b10-8-,20-4+. The van der Waals surface area contributed by atoms with Gasteiger partial charge in [0, 0.05) is 30.1 Å². The maximum atomic E-state index is 12.7. The van der Waals surface area contributed by atoms with Crippen LogP contribution in [0.3, 0.4) is 0 Å². The second-order valence-corrected chi connectivity index (χ2v) is 7.75. The number of aromatic nitrogens is 4. The second-order valence-electron chi connectivity index (χ2n) is 7.75. The smallest absolute Gasteiger partial charge is 0.253 e. The monoisotopic (exact) mass is 453 g/mol. The number of benzene rings is 2. The van der Waals surface area contributed by atoms with Gasteiger partial charge in [-0.05, 0) is 36.6 Å². The summed E-state index contributed by atoms with van der Waals surface area (Å²) in [6.07, 6.45) is 11.8. The molecular formula is C27H27N5O2. The van der Waals surface area contributed by atoms with Crippen LogP contribution in [0.15, 0.2) is 97.1 Å². The topological polar surface area (TPSA) is 84.8 Å². The quantitative estimate of drug-likeness (QED) is 0.258. The molecule has 7 heteroatoms. The van der Waals surface area contributed by atoms with Crippen molar-refractivity contribution in [3.05, 3.63) is 97.1 Å². The van der Waals surface area contributed by atoms with Crippen molar-refractivity contribution in [1.29, 1.82) is 0 Å². The van der Waals surface area contributed by atoms with Crippen LogP contribution < -0.4 is 10.1 Å². The third-order valence-electron chi connectivity index (χ3n) is 5.46. The Morgan fingerprint density at radius 3 is 2.76 bits per heavy atom. The van der Waals surface area contributed by atoms with Gasteiger partial charge in [-0.2, -0.15) is 0 Å². The minimum Gasteiger partial charge on any atom is -0.494 e. The molecule has 0 spiro atoms. The summed E-state index contributed by atoms with van der Waals surface area (Å²) in [7, 11) is 1.61. The summed E-state index contributed by atoms with van der Waals surface area (Å²) >= 11 is 0. The van der Waals surface area contributed by atoms with Crippen molar-refractivity contribution in [2.24, 2.45) is 0 Å². The lowest BCUT2D eigenvalue weighted by Crippen LogP contribution is -2.14. The molecule has 4 rings (SSSR count). The Morgan fingerprint density at radius 1 is 1.24 bits per heavy atom. The summed E-state index contributed by atoms with van der Waals surface area (Å²) in [6, 6.07) is 13.8. The van der Waals surface area contributed by atoms with Gasteiger partial charge in [0.15, 0.2) is 0 Å². The van der Waals surface area contributed by atoms with E-state index in [9.17, 15) is 4.79 Å². The summed E-state index contributed by atoms with van der Waals surface area (Å²) < 4.78 is 7.47. The van der Waals surface area contributed by atoms with Crippen LogP contribution in [0.4, 0.5) is 5.95 Å². The molecule has 2 heterocycles. The Balaban J connectivity index is 1.46. The third-order valence-corrected chi connectivity index (χ3v) is 5.46. The van der Waals surface area contributed by atoms with Crippen LogP contribution in [-0.4, -0.2) is 32.5 Å². The first-order valence-corrected chi connectivity index (χ1v) is 11.0. The number of hydrogen-bond acceptors (Lipinski definition) is 4. The van der Waals surface area contributed by atoms with Crippen LogP contribution in [0.5, 0.6) is 5.75 Å². The number of fused-ring (bicyclic) bond motifs is 1. The Bertz CT molecular complexity index is 1350. The van der Waals surface area contributed by atoms with E-state index in [0.29, 0.717) is 23.7 Å². The van der Waals surface area contributed by atoms with Crippen molar-refractivity contribution in [1.82, 2.24) is 19.5 Å². The number of carbonyl (C=O) groups excluding carboxylic acids is 1. The van der Waals surface area contributed by atoms with Gasteiger partial charge in [0.2, 0.25) is 5.95 Å². The predicted molar refractivity (Wildman–Crippen MR) is 136 cm³/mol. The minimum atomic E-state index is -0.291. The lowest BCUT2D eigenvalue weighted by Gasteiger charge is -2.05. The summed E-state index contributed by atoms with van der Waals surface area (Å²) in [5.41, 5.74) is 4.98. The molecule has 0 aliphatic rings. The number of nitrogens with one attached hydrogen (secondary N) is 2. The fourth-order valence-electron chi connectivity index (χ4n) is 3.62. The number of ether oxygens (including phenoxy) is 1. The lowest BCUT2D eigenvalue weighted by atomic mass is 10.0. The molecule has 172 valence electrons. The van der Waals surface area contributed by atoms with Crippen LogP contribution in [0, 0.1) is 0 Å². The van der Waals surface area contributed by atoms with Gasteiger partial charge < -0.3 is 14.3 Å². The zero-order valence-electron chi connectivity index (χ0n) is 19.3. The molecule has 0 unspecified atom stereocenters. The van der Waals surface area contributed by atoms with Crippen LogP contribution in [0.25, 0.3) is 22.2 Å². The first-order chi connectivity index (χ1) is 16.6. The van der Waals surface area contributed by atoms with Crippen LogP contribution in [0.1, 0.15) is 13.3 Å². The fourth-order valence-corrected chi connectivity index (χ4v) is 3.62. The number of nitrogens with zero attached hydrogens (tertiary/aromatic N) is 3. The number of hydrogen-bond donors (Lipinski definition) is 2. The number of aromatic amines is 1. The average Bonchev–Trinajstić information content (AvgIpc) is 3.53. The highest BCUT2D eigenvalue weighted by atomic mass is 16.5. The first kappa shape index (κ1) is 22.8. The third kappa shape index (κ3) is 5.15. The van der Waals surface area contributed by atoms with E-state index >= 15 is 0 Å². The minimum absolute atomic E-state index is 0.291. The van der Waals surface area contributed by atoms with Crippen molar-refractivity contribution >= 4 is 22.9 Å². The van der Waals surface area contributed by atoms with Gasteiger partial charge in [0.1, 0.15) is 16.8 Å². The summed E-state index contributed by atoms with van der Waals surface area (Å²) in [4.78, 5) is 24.6. The molecule has 2 aromatic carbocycles. The Morgan fingerprint density at radius 2 is 2.06 bits per heavy atom. The number of methoxy groups -OCH3 is 1.